The molecule has 0 heterocycles. The van der Waals surface area contributed by atoms with E-state index in [-0.39, 0.29) is 5.54 Å². The molecule has 0 aromatic carbocycles. The van der Waals surface area contributed by atoms with E-state index in [1.165, 1.54) is 38.5 Å². The normalized spacial score (nSPS) is 32.3. The molecule has 0 aromatic heterocycles. The van der Waals surface area contributed by atoms with Crippen molar-refractivity contribution in [3.63, 3.8) is 0 Å². The molecule has 0 saturated heterocycles. The van der Waals surface area contributed by atoms with Crippen LogP contribution < -0.4 is 0 Å². The van der Waals surface area contributed by atoms with Crippen molar-refractivity contribution in [2.45, 2.75) is 64.3 Å². The maximum atomic E-state index is 8.59. The summed E-state index contributed by atoms with van der Waals surface area (Å²) in [4.78, 5) is 3.01. The topological polar surface area (TPSA) is 48.8 Å². The minimum atomic E-state index is -0.0951. The van der Waals surface area contributed by atoms with Crippen LogP contribution >= 0.6 is 0 Å². The highest BCUT2D eigenvalue weighted by atomic mass is 15.2. The molecule has 3 nitrogen and oxygen atoms in total. The second-order valence-electron chi connectivity index (χ2n) is 4.63. The van der Waals surface area contributed by atoms with Gasteiger partial charge in [-0.25, -0.2) is 0 Å². The van der Waals surface area contributed by atoms with E-state index in [4.69, 9.17) is 5.53 Å². The average Bonchev–Trinajstić information content (AvgIpc) is 2.17. The highest BCUT2D eigenvalue weighted by Gasteiger charge is 2.34. The third-order valence-corrected chi connectivity index (χ3v) is 3.54. The molecule has 1 saturated carbocycles. The third-order valence-electron chi connectivity index (χ3n) is 3.54. The SMILES string of the molecule is CCCCC1CCCCC1(C)N=[N+]=[N-]. The largest absolute Gasteiger partial charge is 0.0873 e. The van der Waals surface area contributed by atoms with Crippen LogP contribution in [0.5, 0.6) is 0 Å². The molecule has 2 atom stereocenters. The first-order valence-corrected chi connectivity index (χ1v) is 5.79. The lowest BCUT2D eigenvalue weighted by Crippen LogP contribution is -2.35. The minimum absolute atomic E-state index is 0.0951. The van der Waals surface area contributed by atoms with Crippen LogP contribution in [-0.4, -0.2) is 5.54 Å². The smallest absolute Gasteiger partial charge is 0.0488 e. The number of rotatable bonds is 4. The van der Waals surface area contributed by atoms with Gasteiger partial charge in [-0.15, -0.1) is 0 Å². The zero-order valence-electron chi connectivity index (χ0n) is 9.37. The van der Waals surface area contributed by atoms with Crippen LogP contribution in [0, 0.1) is 5.92 Å². The van der Waals surface area contributed by atoms with Crippen LogP contribution in [0.2, 0.25) is 0 Å². The Kier molecular flexibility index (Phi) is 4.27. The Labute approximate surface area is 86.5 Å². The summed E-state index contributed by atoms with van der Waals surface area (Å²) in [5.41, 5.74) is 8.49. The number of nitrogens with zero attached hydrogens (tertiary/aromatic N) is 3. The molecule has 0 spiro atoms. The number of hydrogen-bond donors (Lipinski definition) is 0. The van der Waals surface area contributed by atoms with Crippen molar-refractivity contribution in [1.29, 1.82) is 0 Å². The van der Waals surface area contributed by atoms with Gasteiger partial charge in [0.15, 0.2) is 0 Å². The molecule has 0 aliphatic heterocycles. The molecule has 0 radical (unpaired) electrons. The van der Waals surface area contributed by atoms with Gasteiger partial charge < -0.3 is 0 Å². The molecule has 1 rings (SSSR count). The zero-order chi connectivity index (χ0) is 10.4. The molecule has 0 N–H and O–H groups in total. The average molecular weight is 195 g/mol. The van der Waals surface area contributed by atoms with Gasteiger partial charge in [0.1, 0.15) is 0 Å². The lowest BCUT2D eigenvalue weighted by Gasteiger charge is -2.37. The van der Waals surface area contributed by atoms with E-state index >= 15 is 0 Å². The highest BCUT2D eigenvalue weighted by molar-refractivity contribution is 4.93. The molecule has 0 amide bonds. The molecule has 3 heteroatoms. The molecular formula is C11H21N3. The van der Waals surface area contributed by atoms with Crippen molar-refractivity contribution >= 4 is 0 Å². The van der Waals surface area contributed by atoms with Gasteiger partial charge in [0, 0.05) is 10.5 Å². The quantitative estimate of drug-likeness (QED) is 0.362. The lowest BCUT2D eigenvalue weighted by molar-refractivity contribution is 0.193. The van der Waals surface area contributed by atoms with Crippen LogP contribution in [0.3, 0.4) is 0 Å². The van der Waals surface area contributed by atoms with Gasteiger partial charge in [-0.05, 0) is 30.7 Å². The Morgan fingerprint density at radius 2 is 2.29 bits per heavy atom. The van der Waals surface area contributed by atoms with Gasteiger partial charge in [-0.1, -0.05) is 44.6 Å². The summed E-state index contributed by atoms with van der Waals surface area (Å²) in [7, 11) is 0. The summed E-state index contributed by atoms with van der Waals surface area (Å²) in [5.74, 6) is 0.618. The third kappa shape index (κ3) is 2.65. The number of hydrogen-bond acceptors (Lipinski definition) is 1. The fourth-order valence-electron chi connectivity index (χ4n) is 2.53. The van der Waals surface area contributed by atoms with Crippen LogP contribution in [0.25, 0.3) is 10.4 Å². The van der Waals surface area contributed by atoms with Crippen molar-refractivity contribution < 1.29 is 0 Å². The highest BCUT2D eigenvalue weighted by Crippen LogP contribution is 2.39. The van der Waals surface area contributed by atoms with E-state index in [1.807, 2.05) is 0 Å². The Bertz CT molecular complexity index is 221. The van der Waals surface area contributed by atoms with Crippen LogP contribution in [0.1, 0.15) is 58.8 Å². The fraction of sp³-hybridized carbons (Fsp3) is 1.00. The maximum Gasteiger partial charge on any atom is 0.0488 e. The zero-order valence-corrected chi connectivity index (χ0v) is 9.37. The van der Waals surface area contributed by atoms with Gasteiger partial charge in [0.05, 0.1) is 0 Å². The first-order valence-electron chi connectivity index (χ1n) is 5.79. The van der Waals surface area contributed by atoms with E-state index in [1.54, 1.807) is 0 Å². The van der Waals surface area contributed by atoms with E-state index in [9.17, 15) is 0 Å². The molecule has 80 valence electrons. The summed E-state index contributed by atoms with van der Waals surface area (Å²) in [5, 5.41) is 4.03. The predicted octanol–water partition coefficient (Wildman–Crippen LogP) is 4.44. The number of unbranched alkanes of at least 4 members (excludes halogenated alkanes) is 1. The lowest BCUT2D eigenvalue weighted by atomic mass is 9.72. The molecule has 2 unspecified atom stereocenters. The van der Waals surface area contributed by atoms with E-state index in [0.717, 1.165) is 6.42 Å². The van der Waals surface area contributed by atoms with Crippen LogP contribution in [0.15, 0.2) is 5.11 Å². The predicted molar refractivity (Wildman–Crippen MR) is 59.0 cm³/mol. The van der Waals surface area contributed by atoms with Crippen molar-refractivity contribution in [3.8, 4) is 0 Å². The second kappa shape index (κ2) is 5.26. The molecule has 14 heavy (non-hydrogen) atoms. The molecular weight excluding hydrogens is 174 g/mol. The Morgan fingerprint density at radius 1 is 1.50 bits per heavy atom. The van der Waals surface area contributed by atoms with Crippen LogP contribution in [0.4, 0.5) is 0 Å². The summed E-state index contributed by atoms with van der Waals surface area (Å²) in [6.07, 6.45) is 8.58. The summed E-state index contributed by atoms with van der Waals surface area (Å²) in [6.45, 7) is 4.35. The Balaban J connectivity index is 2.62. The first kappa shape index (κ1) is 11.4. The van der Waals surface area contributed by atoms with Crippen molar-refractivity contribution in [2.24, 2.45) is 11.0 Å². The Morgan fingerprint density at radius 3 is 2.93 bits per heavy atom. The van der Waals surface area contributed by atoms with Crippen molar-refractivity contribution in [2.75, 3.05) is 0 Å². The van der Waals surface area contributed by atoms with Crippen molar-refractivity contribution in [3.05, 3.63) is 10.4 Å². The van der Waals surface area contributed by atoms with E-state index in [2.05, 4.69) is 23.9 Å². The number of azide groups is 1. The van der Waals surface area contributed by atoms with E-state index in [0.29, 0.717) is 5.92 Å². The summed E-state index contributed by atoms with van der Waals surface area (Å²) < 4.78 is 0. The van der Waals surface area contributed by atoms with Gasteiger partial charge in [-0.2, -0.15) is 0 Å². The van der Waals surface area contributed by atoms with Gasteiger partial charge >= 0.3 is 0 Å². The maximum absolute atomic E-state index is 8.59. The van der Waals surface area contributed by atoms with Crippen LogP contribution in [-0.2, 0) is 0 Å². The molecule has 1 fully saturated rings. The monoisotopic (exact) mass is 195 g/mol. The Hall–Kier alpha value is -0.690. The molecule has 1 aliphatic rings. The van der Waals surface area contributed by atoms with E-state index < -0.39 is 0 Å². The van der Waals surface area contributed by atoms with Gasteiger partial charge in [-0.3, -0.25) is 0 Å². The molecule has 0 bridgehead atoms. The fourth-order valence-corrected chi connectivity index (χ4v) is 2.53. The standard InChI is InChI=1S/C11H21N3/c1-3-4-7-10-8-5-6-9-11(10,2)13-14-12/h10H,3-9H2,1-2H3. The van der Waals surface area contributed by atoms with Gasteiger partial charge in [0.2, 0.25) is 0 Å². The molecule has 1 aliphatic carbocycles. The van der Waals surface area contributed by atoms with Gasteiger partial charge in [0.25, 0.3) is 0 Å². The molecule has 0 aromatic rings. The summed E-state index contributed by atoms with van der Waals surface area (Å²) in [6, 6.07) is 0. The van der Waals surface area contributed by atoms with Crippen molar-refractivity contribution in [1.82, 2.24) is 0 Å². The first-order chi connectivity index (χ1) is 6.73. The minimum Gasteiger partial charge on any atom is -0.0873 e. The second-order valence-corrected chi connectivity index (χ2v) is 4.63. The summed E-state index contributed by atoms with van der Waals surface area (Å²) >= 11 is 0.